The third-order valence-corrected chi connectivity index (χ3v) is 7.35. The number of likely N-dealkylation sites (tertiary alicyclic amines) is 1. The van der Waals surface area contributed by atoms with E-state index in [1.165, 1.54) is 6.42 Å². The molecule has 0 spiro atoms. The van der Waals surface area contributed by atoms with Crippen LogP contribution in [0.2, 0.25) is 5.02 Å². The monoisotopic (exact) mass is 418 g/mol. The van der Waals surface area contributed by atoms with Gasteiger partial charge in [0.2, 0.25) is 5.91 Å². The minimum Gasteiger partial charge on any atom is -0.332 e. The molecule has 150 valence electrons. The lowest BCUT2D eigenvalue weighted by Crippen LogP contribution is -2.48. The van der Waals surface area contributed by atoms with Crippen LogP contribution >= 0.6 is 23.4 Å². The van der Waals surface area contributed by atoms with Gasteiger partial charge < -0.3 is 9.47 Å². The van der Waals surface area contributed by atoms with E-state index in [2.05, 4.69) is 15.1 Å². The summed E-state index contributed by atoms with van der Waals surface area (Å²) in [5, 5.41) is 10.3. The molecule has 1 saturated heterocycles. The van der Waals surface area contributed by atoms with Crippen molar-refractivity contribution < 1.29 is 4.79 Å². The van der Waals surface area contributed by atoms with Gasteiger partial charge in [-0.1, -0.05) is 54.8 Å². The Bertz CT molecular complexity index is 845. The SMILES string of the molecule is CSc1nnc([C@@H]2CCCN2C(=O)C2(c3ccc(Cl)cc3)CCCCC2)n1C. The van der Waals surface area contributed by atoms with Crippen molar-refractivity contribution in [3.8, 4) is 0 Å². The summed E-state index contributed by atoms with van der Waals surface area (Å²) in [5.74, 6) is 1.16. The predicted molar refractivity (Wildman–Crippen MR) is 113 cm³/mol. The van der Waals surface area contributed by atoms with Crippen molar-refractivity contribution in [3.05, 3.63) is 40.7 Å². The van der Waals surface area contributed by atoms with E-state index in [1.54, 1.807) is 11.8 Å². The minimum absolute atomic E-state index is 0.0111. The molecular formula is C21H27ClN4OS. The number of hydrogen-bond acceptors (Lipinski definition) is 4. The van der Waals surface area contributed by atoms with Gasteiger partial charge in [0.25, 0.3) is 0 Å². The topological polar surface area (TPSA) is 51.0 Å². The summed E-state index contributed by atoms with van der Waals surface area (Å²) in [5.41, 5.74) is 0.668. The van der Waals surface area contributed by atoms with Crippen LogP contribution < -0.4 is 0 Å². The smallest absolute Gasteiger partial charge is 0.233 e. The van der Waals surface area contributed by atoms with Gasteiger partial charge in [0, 0.05) is 18.6 Å². The van der Waals surface area contributed by atoms with Crippen LogP contribution in [-0.2, 0) is 17.3 Å². The number of benzene rings is 1. The first kappa shape index (κ1) is 19.8. The molecule has 28 heavy (non-hydrogen) atoms. The largest absolute Gasteiger partial charge is 0.332 e. The molecule has 0 bridgehead atoms. The number of hydrogen-bond donors (Lipinski definition) is 0. The zero-order valence-electron chi connectivity index (χ0n) is 16.5. The first-order valence-electron chi connectivity index (χ1n) is 10.1. The highest BCUT2D eigenvalue weighted by molar-refractivity contribution is 7.98. The van der Waals surface area contributed by atoms with Crippen molar-refractivity contribution in [2.24, 2.45) is 7.05 Å². The molecule has 1 aromatic carbocycles. The third kappa shape index (κ3) is 3.35. The summed E-state index contributed by atoms with van der Waals surface area (Å²) in [7, 11) is 2.00. The first-order chi connectivity index (χ1) is 13.6. The van der Waals surface area contributed by atoms with Crippen molar-refractivity contribution >= 4 is 29.3 Å². The fourth-order valence-electron chi connectivity index (χ4n) is 4.90. The normalized spacial score (nSPS) is 21.8. The van der Waals surface area contributed by atoms with Crippen LogP contribution in [0.3, 0.4) is 0 Å². The molecule has 7 heteroatoms. The quantitative estimate of drug-likeness (QED) is 0.672. The summed E-state index contributed by atoms with van der Waals surface area (Å²) < 4.78 is 2.04. The summed E-state index contributed by atoms with van der Waals surface area (Å²) in [4.78, 5) is 16.1. The molecule has 1 amide bonds. The van der Waals surface area contributed by atoms with Crippen LogP contribution in [-0.4, -0.2) is 38.4 Å². The van der Waals surface area contributed by atoms with Crippen LogP contribution in [0, 0.1) is 0 Å². The Morgan fingerprint density at radius 3 is 2.50 bits per heavy atom. The van der Waals surface area contributed by atoms with Crippen molar-refractivity contribution in [2.75, 3.05) is 12.8 Å². The van der Waals surface area contributed by atoms with Gasteiger partial charge in [-0.25, -0.2) is 0 Å². The fraction of sp³-hybridized carbons (Fsp3) is 0.571. The van der Waals surface area contributed by atoms with Crippen LogP contribution in [0.4, 0.5) is 0 Å². The highest BCUT2D eigenvalue weighted by atomic mass is 35.5. The van der Waals surface area contributed by atoms with Gasteiger partial charge in [-0.3, -0.25) is 4.79 Å². The molecule has 1 aliphatic carbocycles. The molecule has 1 saturated carbocycles. The van der Waals surface area contributed by atoms with Gasteiger partial charge in [0.15, 0.2) is 11.0 Å². The fourth-order valence-corrected chi connectivity index (χ4v) is 5.51. The molecule has 1 atom stereocenters. The molecule has 5 nitrogen and oxygen atoms in total. The Balaban J connectivity index is 1.69. The van der Waals surface area contributed by atoms with Crippen LogP contribution in [0.1, 0.15) is 62.4 Å². The van der Waals surface area contributed by atoms with Gasteiger partial charge >= 0.3 is 0 Å². The lowest BCUT2D eigenvalue weighted by atomic mass is 9.68. The van der Waals surface area contributed by atoms with E-state index < -0.39 is 5.41 Å². The Morgan fingerprint density at radius 2 is 1.86 bits per heavy atom. The summed E-state index contributed by atoms with van der Waals surface area (Å²) in [6, 6.07) is 7.93. The molecule has 1 aromatic heterocycles. The van der Waals surface area contributed by atoms with Crippen molar-refractivity contribution in [3.63, 3.8) is 0 Å². The second-order valence-corrected chi connectivity index (χ2v) is 9.12. The lowest BCUT2D eigenvalue weighted by Gasteiger charge is -2.40. The summed E-state index contributed by atoms with van der Waals surface area (Å²) in [6.07, 6.45) is 9.16. The number of amides is 1. The number of thioether (sulfide) groups is 1. The molecule has 0 radical (unpaired) electrons. The second-order valence-electron chi connectivity index (χ2n) is 7.91. The zero-order valence-corrected chi connectivity index (χ0v) is 18.1. The average Bonchev–Trinajstić information content (AvgIpc) is 3.34. The molecule has 2 heterocycles. The number of carbonyl (C=O) groups excluding carboxylic acids is 1. The Hall–Kier alpha value is -1.53. The first-order valence-corrected chi connectivity index (χ1v) is 11.7. The highest BCUT2D eigenvalue weighted by Gasteiger charge is 2.47. The van der Waals surface area contributed by atoms with E-state index in [1.807, 2.05) is 42.1 Å². The predicted octanol–water partition coefficient (Wildman–Crippen LogP) is 4.76. The van der Waals surface area contributed by atoms with E-state index in [4.69, 9.17) is 11.6 Å². The Labute approximate surface area is 175 Å². The molecule has 1 aliphatic heterocycles. The third-order valence-electron chi connectivity index (χ3n) is 6.38. The van der Waals surface area contributed by atoms with Gasteiger partial charge in [-0.15, -0.1) is 10.2 Å². The number of halogens is 1. The summed E-state index contributed by atoms with van der Waals surface area (Å²) in [6.45, 7) is 0.792. The van der Waals surface area contributed by atoms with Gasteiger partial charge in [0.1, 0.15) is 0 Å². The van der Waals surface area contributed by atoms with Gasteiger partial charge in [0.05, 0.1) is 11.5 Å². The van der Waals surface area contributed by atoms with Crippen LogP contribution in [0.25, 0.3) is 0 Å². The maximum absolute atomic E-state index is 14.0. The maximum atomic E-state index is 14.0. The van der Waals surface area contributed by atoms with Crippen molar-refractivity contribution in [1.82, 2.24) is 19.7 Å². The second kappa shape index (κ2) is 8.07. The van der Waals surface area contributed by atoms with Gasteiger partial charge in [-0.2, -0.15) is 0 Å². The Kier molecular flexibility index (Phi) is 5.70. The molecular weight excluding hydrogens is 392 g/mol. The summed E-state index contributed by atoms with van der Waals surface area (Å²) >= 11 is 7.71. The standard InChI is InChI=1S/C21H27ClN4OS/c1-25-18(23-24-20(25)28-2)17-7-6-14-26(17)19(27)21(12-4-3-5-13-21)15-8-10-16(22)11-9-15/h8-11,17H,3-7,12-14H2,1-2H3/t17-/m0/s1. The van der Waals surface area contributed by atoms with E-state index in [0.29, 0.717) is 5.02 Å². The average molecular weight is 419 g/mol. The lowest BCUT2D eigenvalue weighted by molar-refractivity contribution is -0.140. The van der Waals surface area contributed by atoms with E-state index in [-0.39, 0.29) is 11.9 Å². The van der Waals surface area contributed by atoms with Crippen molar-refractivity contribution in [2.45, 2.75) is 61.6 Å². The van der Waals surface area contributed by atoms with E-state index >= 15 is 0 Å². The highest BCUT2D eigenvalue weighted by Crippen LogP contribution is 2.44. The molecule has 4 rings (SSSR count). The maximum Gasteiger partial charge on any atom is 0.233 e. The molecule has 0 N–H and O–H groups in total. The molecule has 0 unspecified atom stereocenters. The molecule has 2 aromatic rings. The van der Waals surface area contributed by atoms with Crippen molar-refractivity contribution in [1.29, 1.82) is 0 Å². The molecule has 2 fully saturated rings. The van der Waals surface area contributed by atoms with Crippen LogP contribution in [0.5, 0.6) is 0 Å². The van der Waals surface area contributed by atoms with Crippen LogP contribution in [0.15, 0.2) is 29.4 Å². The number of carbonyl (C=O) groups is 1. The Morgan fingerprint density at radius 1 is 1.14 bits per heavy atom. The van der Waals surface area contributed by atoms with Gasteiger partial charge in [-0.05, 0) is 49.6 Å². The number of nitrogens with zero attached hydrogens (tertiary/aromatic N) is 4. The van der Waals surface area contributed by atoms with E-state index in [9.17, 15) is 4.79 Å². The zero-order chi connectivity index (χ0) is 19.7. The molecule has 2 aliphatic rings. The number of aromatic nitrogens is 3. The number of rotatable bonds is 4. The minimum atomic E-state index is -0.438. The van der Waals surface area contributed by atoms with E-state index in [0.717, 1.165) is 61.6 Å².